The van der Waals surface area contributed by atoms with Gasteiger partial charge >= 0.3 is 0 Å². The molecule has 1 N–H and O–H groups in total. The molecule has 0 aromatic heterocycles. The van der Waals surface area contributed by atoms with Crippen molar-refractivity contribution in [1.29, 1.82) is 0 Å². The lowest BCUT2D eigenvalue weighted by atomic mass is 9.97. The van der Waals surface area contributed by atoms with Crippen molar-refractivity contribution in [3.63, 3.8) is 0 Å². The summed E-state index contributed by atoms with van der Waals surface area (Å²) in [4.78, 5) is 2.41. The molecule has 0 unspecified atom stereocenters. The Morgan fingerprint density at radius 2 is 1.88 bits per heavy atom. The van der Waals surface area contributed by atoms with E-state index in [9.17, 15) is 8.42 Å². The first-order chi connectivity index (χ1) is 7.57. The number of sulfonamides is 1. The zero-order valence-corrected chi connectivity index (χ0v) is 11.2. The molecular weight excluding hydrogens is 224 g/mol. The molecule has 1 rings (SSSR count). The minimum Gasteiger partial charge on any atom is -0.304 e. The van der Waals surface area contributed by atoms with Crippen molar-refractivity contribution >= 4 is 10.0 Å². The number of rotatable bonds is 6. The first kappa shape index (κ1) is 13.9. The van der Waals surface area contributed by atoms with Gasteiger partial charge in [-0.25, -0.2) is 13.1 Å². The van der Waals surface area contributed by atoms with Crippen LogP contribution in [-0.2, 0) is 10.0 Å². The third-order valence-corrected chi connectivity index (χ3v) is 4.77. The number of piperidine rings is 1. The van der Waals surface area contributed by atoms with E-state index < -0.39 is 10.0 Å². The molecule has 1 fully saturated rings. The Hall–Kier alpha value is -0.130. The maximum absolute atomic E-state index is 11.5. The molecule has 4 nitrogen and oxygen atoms in total. The number of nitrogens with zero attached hydrogens (tertiary/aromatic N) is 1. The molecule has 0 saturated carbocycles. The van der Waals surface area contributed by atoms with Crippen molar-refractivity contribution in [1.82, 2.24) is 9.62 Å². The molecule has 1 heterocycles. The second-order valence-electron chi connectivity index (χ2n) is 4.54. The molecule has 0 aliphatic carbocycles. The highest BCUT2D eigenvalue weighted by atomic mass is 32.2. The first-order valence-electron chi connectivity index (χ1n) is 6.27. The average Bonchev–Trinajstić information content (AvgIpc) is 2.27. The second-order valence-corrected chi connectivity index (χ2v) is 6.47. The van der Waals surface area contributed by atoms with Gasteiger partial charge in [0.2, 0.25) is 10.0 Å². The highest BCUT2D eigenvalue weighted by molar-refractivity contribution is 7.89. The van der Waals surface area contributed by atoms with E-state index in [1.807, 2.05) is 6.92 Å². The first-order valence-corrected chi connectivity index (χ1v) is 7.92. The lowest BCUT2D eigenvalue weighted by molar-refractivity contribution is 0.194. The van der Waals surface area contributed by atoms with Crippen LogP contribution in [0, 0.1) is 5.92 Å². The fourth-order valence-corrected chi connectivity index (χ4v) is 3.26. The molecule has 1 aliphatic heterocycles. The van der Waals surface area contributed by atoms with Gasteiger partial charge in [-0.15, -0.1) is 0 Å². The third-order valence-electron chi connectivity index (χ3n) is 3.22. The van der Waals surface area contributed by atoms with Crippen LogP contribution in [0.5, 0.6) is 0 Å². The summed E-state index contributed by atoms with van der Waals surface area (Å²) in [5.74, 6) is 0.773. The van der Waals surface area contributed by atoms with Crippen LogP contribution in [0.2, 0.25) is 0 Å². The maximum Gasteiger partial charge on any atom is 0.211 e. The van der Waals surface area contributed by atoms with E-state index in [2.05, 4.69) is 16.5 Å². The minimum absolute atomic E-state index is 0.251. The van der Waals surface area contributed by atoms with Crippen LogP contribution >= 0.6 is 0 Å². The molecule has 0 radical (unpaired) electrons. The van der Waals surface area contributed by atoms with Crippen molar-refractivity contribution in [3.8, 4) is 0 Å². The van der Waals surface area contributed by atoms with Crippen LogP contribution in [0.1, 0.15) is 33.1 Å². The Bertz CT molecular complexity index is 282. The van der Waals surface area contributed by atoms with Crippen LogP contribution in [-0.4, -0.2) is 45.2 Å². The molecule has 0 amide bonds. The van der Waals surface area contributed by atoms with Crippen LogP contribution < -0.4 is 4.72 Å². The molecule has 16 heavy (non-hydrogen) atoms. The fraction of sp³-hybridized carbons (Fsp3) is 1.00. The van der Waals surface area contributed by atoms with Crippen molar-refractivity contribution in [3.05, 3.63) is 0 Å². The van der Waals surface area contributed by atoms with Gasteiger partial charge in [-0.1, -0.05) is 13.8 Å². The quantitative estimate of drug-likeness (QED) is 0.764. The molecule has 0 aromatic carbocycles. The van der Waals surface area contributed by atoms with E-state index in [1.165, 1.54) is 0 Å². The van der Waals surface area contributed by atoms with E-state index in [1.54, 1.807) is 0 Å². The van der Waals surface area contributed by atoms with E-state index in [-0.39, 0.29) is 5.75 Å². The summed E-state index contributed by atoms with van der Waals surface area (Å²) in [6, 6.07) is 0. The smallest absolute Gasteiger partial charge is 0.211 e. The van der Waals surface area contributed by atoms with E-state index >= 15 is 0 Å². The molecule has 0 bridgehead atoms. The van der Waals surface area contributed by atoms with E-state index in [4.69, 9.17) is 0 Å². The number of nitrogens with one attached hydrogen (secondary N) is 1. The summed E-state index contributed by atoms with van der Waals surface area (Å²) < 4.78 is 25.7. The molecule has 5 heteroatoms. The lowest BCUT2D eigenvalue weighted by Crippen LogP contribution is -2.38. The van der Waals surface area contributed by atoms with E-state index in [0.29, 0.717) is 18.9 Å². The predicted molar refractivity (Wildman–Crippen MR) is 66.9 cm³/mol. The van der Waals surface area contributed by atoms with Gasteiger partial charge in [0.1, 0.15) is 0 Å². The Balaban J connectivity index is 2.24. The summed E-state index contributed by atoms with van der Waals surface area (Å²) >= 11 is 0. The fourth-order valence-electron chi connectivity index (χ4n) is 2.09. The Morgan fingerprint density at radius 3 is 2.38 bits per heavy atom. The highest BCUT2D eigenvalue weighted by Crippen LogP contribution is 2.16. The Labute approximate surface area is 99.5 Å². The zero-order chi connectivity index (χ0) is 12.0. The summed E-state index contributed by atoms with van der Waals surface area (Å²) in [6.45, 7) is 8.00. The Morgan fingerprint density at radius 1 is 1.25 bits per heavy atom. The van der Waals surface area contributed by atoms with Crippen molar-refractivity contribution in [2.45, 2.75) is 33.1 Å². The second kappa shape index (κ2) is 6.57. The van der Waals surface area contributed by atoms with Gasteiger partial charge in [-0.3, -0.25) is 0 Å². The summed E-state index contributed by atoms with van der Waals surface area (Å²) in [5, 5.41) is 0. The van der Waals surface area contributed by atoms with E-state index in [0.717, 1.165) is 32.5 Å². The average molecular weight is 248 g/mol. The monoisotopic (exact) mass is 248 g/mol. The van der Waals surface area contributed by atoms with Gasteiger partial charge in [0.15, 0.2) is 0 Å². The zero-order valence-electron chi connectivity index (χ0n) is 10.4. The third kappa shape index (κ3) is 4.80. The van der Waals surface area contributed by atoms with Gasteiger partial charge < -0.3 is 4.90 Å². The van der Waals surface area contributed by atoms with Gasteiger partial charge in [0.05, 0.1) is 5.75 Å². The van der Waals surface area contributed by atoms with Gasteiger partial charge in [0.25, 0.3) is 0 Å². The van der Waals surface area contributed by atoms with Gasteiger partial charge in [0, 0.05) is 6.54 Å². The molecule has 1 saturated heterocycles. The SMILES string of the molecule is CCCS(=O)(=O)NCC1CCN(CC)CC1. The Kier molecular flexibility index (Phi) is 5.72. The van der Waals surface area contributed by atoms with Crippen LogP contribution in [0.25, 0.3) is 0 Å². The summed E-state index contributed by atoms with van der Waals surface area (Å²) in [7, 11) is -3.01. The maximum atomic E-state index is 11.5. The molecular formula is C11H24N2O2S. The van der Waals surface area contributed by atoms with Crippen LogP contribution in [0.3, 0.4) is 0 Å². The molecule has 0 aromatic rings. The van der Waals surface area contributed by atoms with Crippen LogP contribution in [0.15, 0.2) is 0 Å². The summed E-state index contributed by atoms with van der Waals surface area (Å²) in [5.41, 5.74) is 0. The topological polar surface area (TPSA) is 49.4 Å². The standard InChI is InChI=1S/C11H24N2O2S/c1-3-9-16(14,15)12-10-11-5-7-13(4-2)8-6-11/h11-12H,3-10H2,1-2H3. The molecule has 96 valence electrons. The predicted octanol–water partition coefficient (Wildman–Crippen LogP) is 1.05. The number of hydrogen-bond acceptors (Lipinski definition) is 3. The van der Waals surface area contributed by atoms with Crippen molar-refractivity contribution in [2.24, 2.45) is 5.92 Å². The largest absolute Gasteiger partial charge is 0.304 e. The van der Waals surface area contributed by atoms with Crippen molar-refractivity contribution in [2.75, 3.05) is 31.9 Å². The highest BCUT2D eigenvalue weighted by Gasteiger charge is 2.19. The van der Waals surface area contributed by atoms with Gasteiger partial charge in [-0.2, -0.15) is 0 Å². The lowest BCUT2D eigenvalue weighted by Gasteiger charge is -2.30. The molecule has 0 atom stereocenters. The van der Waals surface area contributed by atoms with Crippen molar-refractivity contribution < 1.29 is 8.42 Å². The number of hydrogen-bond donors (Lipinski definition) is 1. The summed E-state index contributed by atoms with van der Waals surface area (Å²) in [6.07, 6.45) is 2.91. The number of likely N-dealkylation sites (tertiary alicyclic amines) is 1. The van der Waals surface area contributed by atoms with Gasteiger partial charge in [-0.05, 0) is 44.8 Å². The molecule has 0 spiro atoms. The normalized spacial score (nSPS) is 20.1. The molecule has 1 aliphatic rings. The minimum atomic E-state index is -3.01. The van der Waals surface area contributed by atoms with Crippen LogP contribution in [0.4, 0.5) is 0 Å².